The van der Waals surface area contributed by atoms with Gasteiger partial charge in [0.1, 0.15) is 12.1 Å². The number of aryl methyl sites for hydroxylation is 1. The molecule has 2 aromatic heterocycles. The van der Waals surface area contributed by atoms with Crippen LogP contribution in [0.5, 0.6) is 0 Å². The van der Waals surface area contributed by atoms with Crippen LogP contribution in [0.25, 0.3) is 16.8 Å². The van der Waals surface area contributed by atoms with Crippen molar-refractivity contribution >= 4 is 11.4 Å². The summed E-state index contributed by atoms with van der Waals surface area (Å²) in [4.78, 5) is 25.0. The summed E-state index contributed by atoms with van der Waals surface area (Å²) in [6.07, 6.45) is 3.28. The van der Waals surface area contributed by atoms with Crippen LogP contribution in [0, 0.1) is 6.92 Å². The van der Waals surface area contributed by atoms with Crippen LogP contribution in [0.1, 0.15) is 11.1 Å². The molecule has 1 N–H and O–H groups in total. The fourth-order valence-corrected chi connectivity index (χ4v) is 3.02. The summed E-state index contributed by atoms with van der Waals surface area (Å²) in [6.45, 7) is 2.42. The lowest BCUT2D eigenvalue weighted by Crippen LogP contribution is -2.32. The molecule has 0 fully saturated rings. The number of nitrogens with one attached hydrogen (secondary N) is 1. The minimum atomic E-state index is -0.247. The quantitative estimate of drug-likeness (QED) is 0.586. The molecule has 0 saturated carbocycles. The molecule has 0 aliphatic heterocycles. The number of aromatic nitrogens is 3. The molecule has 0 saturated heterocycles. The van der Waals surface area contributed by atoms with Crippen LogP contribution in [0.2, 0.25) is 0 Å². The first-order valence-electron chi connectivity index (χ1n) is 9.07. The third-order valence-corrected chi connectivity index (χ3v) is 4.60. The Morgan fingerprint density at radius 1 is 1.04 bits per heavy atom. The molecule has 0 radical (unpaired) electrons. The van der Waals surface area contributed by atoms with E-state index in [1.54, 1.807) is 23.0 Å². The number of fused-ring (bicyclic) bond motifs is 1. The molecule has 0 spiro atoms. The molecular weight excluding hydrogens is 352 g/mol. The molecule has 4 aromatic rings. The van der Waals surface area contributed by atoms with Gasteiger partial charge in [-0.2, -0.15) is 5.10 Å². The fourth-order valence-electron chi connectivity index (χ4n) is 3.02. The first kappa shape index (κ1) is 17.7. The minimum absolute atomic E-state index is 0.0345. The van der Waals surface area contributed by atoms with Gasteiger partial charge in [0.05, 0.1) is 5.69 Å². The SMILES string of the molecule is Cc1ccc(-c2cc3c(=O)n(CC(=O)NCc4ccccc4)ccn3n2)cc1. The summed E-state index contributed by atoms with van der Waals surface area (Å²) in [7, 11) is 0. The topological polar surface area (TPSA) is 68.4 Å². The second kappa shape index (κ2) is 7.52. The molecule has 0 aliphatic carbocycles. The van der Waals surface area contributed by atoms with E-state index in [2.05, 4.69) is 10.4 Å². The summed E-state index contributed by atoms with van der Waals surface area (Å²) in [6, 6.07) is 19.4. The largest absolute Gasteiger partial charge is 0.350 e. The van der Waals surface area contributed by atoms with E-state index in [4.69, 9.17) is 0 Å². The molecule has 0 bridgehead atoms. The Morgan fingerprint density at radius 3 is 2.54 bits per heavy atom. The summed E-state index contributed by atoms with van der Waals surface area (Å²) in [5, 5.41) is 7.31. The van der Waals surface area contributed by atoms with Crippen molar-refractivity contribution in [1.82, 2.24) is 19.5 Å². The maximum absolute atomic E-state index is 12.8. The van der Waals surface area contributed by atoms with E-state index in [-0.39, 0.29) is 18.0 Å². The number of rotatable bonds is 5. The van der Waals surface area contributed by atoms with Crippen molar-refractivity contribution in [3.05, 3.63) is 94.5 Å². The first-order chi connectivity index (χ1) is 13.6. The lowest BCUT2D eigenvalue weighted by Gasteiger charge is -2.07. The van der Waals surface area contributed by atoms with Gasteiger partial charge in [-0.05, 0) is 18.6 Å². The predicted octanol–water partition coefficient (Wildman–Crippen LogP) is 2.79. The van der Waals surface area contributed by atoms with Crippen molar-refractivity contribution in [3.8, 4) is 11.3 Å². The van der Waals surface area contributed by atoms with Crippen molar-refractivity contribution in [2.45, 2.75) is 20.0 Å². The van der Waals surface area contributed by atoms with Crippen LogP contribution >= 0.6 is 0 Å². The first-order valence-corrected chi connectivity index (χ1v) is 9.07. The number of hydrogen-bond acceptors (Lipinski definition) is 3. The van der Waals surface area contributed by atoms with E-state index in [0.29, 0.717) is 12.1 Å². The molecule has 2 heterocycles. The number of hydrogen-bond donors (Lipinski definition) is 1. The zero-order valence-corrected chi connectivity index (χ0v) is 15.5. The molecule has 6 nitrogen and oxygen atoms in total. The van der Waals surface area contributed by atoms with Gasteiger partial charge in [-0.25, -0.2) is 4.52 Å². The summed E-state index contributed by atoms with van der Waals surface area (Å²) >= 11 is 0. The van der Waals surface area contributed by atoms with Crippen molar-refractivity contribution in [3.63, 3.8) is 0 Å². The highest BCUT2D eigenvalue weighted by atomic mass is 16.2. The Labute approximate surface area is 162 Å². The third-order valence-electron chi connectivity index (χ3n) is 4.60. The van der Waals surface area contributed by atoms with Gasteiger partial charge in [0.25, 0.3) is 5.56 Å². The van der Waals surface area contributed by atoms with Crippen LogP contribution in [-0.2, 0) is 17.9 Å². The molecule has 28 heavy (non-hydrogen) atoms. The molecule has 4 rings (SSSR count). The minimum Gasteiger partial charge on any atom is -0.350 e. The number of carbonyl (C=O) groups is 1. The van der Waals surface area contributed by atoms with Crippen LogP contribution < -0.4 is 10.9 Å². The van der Waals surface area contributed by atoms with Crippen LogP contribution in [0.3, 0.4) is 0 Å². The lowest BCUT2D eigenvalue weighted by molar-refractivity contribution is -0.121. The van der Waals surface area contributed by atoms with Gasteiger partial charge in [-0.3, -0.25) is 9.59 Å². The predicted molar refractivity (Wildman–Crippen MR) is 108 cm³/mol. The molecule has 1 amide bonds. The average molecular weight is 372 g/mol. The maximum atomic E-state index is 12.8. The normalized spacial score (nSPS) is 10.9. The Morgan fingerprint density at radius 2 is 1.79 bits per heavy atom. The van der Waals surface area contributed by atoms with E-state index in [1.165, 1.54) is 4.57 Å². The highest BCUT2D eigenvalue weighted by molar-refractivity contribution is 5.76. The lowest BCUT2D eigenvalue weighted by atomic mass is 10.1. The Balaban J connectivity index is 1.53. The summed E-state index contributed by atoms with van der Waals surface area (Å²) in [5.74, 6) is -0.214. The van der Waals surface area contributed by atoms with Gasteiger partial charge in [0.2, 0.25) is 5.91 Å². The van der Waals surface area contributed by atoms with Gasteiger partial charge >= 0.3 is 0 Å². The molecule has 6 heteroatoms. The van der Waals surface area contributed by atoms with E-state index >= 15 is 0 Å². The van der Waals surface area contributed by atoms with Gasteiger partial charge in [0, 0.05) is 24.5 Å². The van der Waals surface area contributed by atoms with Crippen molar-refractivity contribution < 1.29 is 4.79 Å². The second-order valence-electron chi connectivity index (χ2n) is 6.72. The van der Waals surface area contributed by atoms with E-state index in [9.17, 15) is 9.59 Å². The Kier molecular flexibility index (Phi) is 4.76. The standard InChI is InChI=1S/C22H20N4O2/c1-16-7-9-18(10-8-16)19-13-20-22(28)25(11-12-26(20)24-19)15-21(27)23-14-17-5-3-2-4-6-17/h2-13H,14-15H2,1H3,(H,23,27). The fraction of sp³-hybridized carbons (Fsp3) is 0.136. The zero-order chi connectivity index (χ0) is 19.5. The van der Waals surface area contributed by atoms with E-state index < -0.39 is 0 Å². The number of carbonyl (C=O) groups excluding carboxylic acids is 1. The number of benzene rings is 2. The molecule has 0 atom stereocenters. The third kappa shape index (κ3) is 3.71. The van der Waals surface area contributed by atoms with Crippen molar-refractivity contribution in [2.24, 2.45) is 0 Å². The molecule has 0 aliphatic rings. The average Bonchev–Trinajstić information content (AvgIpc) is 3.15. The smallest absolute Gasteiger partial charge is 0.277 e. The summed E-state index contributed by atoms with van der Waals surface area (Å²) in [5.41, 5.74) is 4.04. The van der Waals surface area contributed by atoms with Gasteiger partial charge in [-0.15, -0.1) is 0 Å². The van der Waals surface area contributed by atoms with E-state index in [0.717, 1.165) is 22.4 Å². The number of amides is 1. The Hall–Kier alpha value is -3.67. The molecule has 2 aromatic carbocycles. The highest BCUT2D eigenvalue weighted by Gasteiger charge is 2.11. The van der Waals surface area contributed by atoms with Crippen LogP contribution in [0.15, 0.2) is 77.9 Å². The number of nitrogens with zero attached hydrogens (tertiary/aromatic N) is 3. The molecule has 0 unspecified atom stereocenters. The van der Waals surface area contributed by atoms with Gasteiger partial charge in [0.15, 0.2) is 0 Å². The van der Waals surface area contributed by atoms with Crippen LogP contribution in [-0.4, -0.2) is 20.1 Å². The van der Waals surface area contributed by atoms with Gasteiger partial charge in [-0.1, -0.05) is 60.2 Å². The van der Waals surface area contributed by atoms with Crippen LogP contribution in [0.4, 0.5) is 0 Å². The summed E-state index contributed by atoms with van der Waals surface area (Å²) < 4.78 is 2.95. The van der Waals surface area contributed by atoms with E-state index in [1.807, 2.05) is 61.5 Å². The van der Waals surface area contributed by atoms with Crippen molar-refractivity contribution in [2.75, 3.05) is 0 Å². The highest BCUT2D eigenvalue weighted by Crippen LogP contribution is 2.18. The zero-order valence-electron chi connectivity index (χ0n) is 15.5. The molecule has 140 valence electrons. The monoisotopic (exact) mass is 372 g/mol. The second-order valence-corrected chi connectivity index (χ2v) is 6.72. The maximum Gasteiger partial charge on any atom is 0.277 e. The van der Waals surface area contributed by atoms with Crippen molar-refractivity contribution in [1.29, 1.82) is 0 Å². The Bertz CT molecular complexity index is 1170. The molecular formula is C22H20N4O2. The van der Waals surface area contributed by atoms with Gasteiger partial charge < -0.3 is 9.88 Å².